The van der Waals surface area contributed by atoms with Crippen LogP contribution in [-0.2, 0) is 9.59 Å². The van der Waals surface area contributed by atoms with Crippen molar-refractivity contribution in [2.75, 3.05) is 32.7 Å². The highest BCUT2D eigenvalue weighted by atomic mass is 16.2. The predicted octanol–water partition coefficient (Wildman–Crippen LogP) is 0.920. The van der Waals surface area contributed by atoms with E-state index in [9.17, 15) is 14.4 Å². The van der Waals surface area contributed by atoms with Gasteiger partial charge in [0.05, 0.1) is 6.54 Å². The molecular weight excluding hydrogens is 344 g/mol. The summed E-state index contributed by atoms with van der Waals surface area (Å²) < 4.78 is 0. The van der Waals surface area contributed by atoms with Crippen molar-refractivity contribution in [2.24, 2.45) is 0 Å². The van der Waals surface area contributed by atoms with Crippen LogP contribution in [0, 0.1) is 0 Å². The lowest BCUT2D eigenvalue weighted by Crippen LogP contribution is -2.44. The number of fused-ring (bicyclic) bond motifs is 1. The Labute approximate surface area is 160 Å². The van der Waals surface area contributed by atoms with E-state index in [2.05, 4.69) is 29.4 Å². The number of rotatable bonds is 9. The second-order valence-corrected chi connectivity index (χ2v) is 7.03. The van der Waals surface area contributed by atoms with E-state index < -0.39 is 6.04 Å². The number of carbonyl (C=O) groups excluding carboxylic acids is 3. The van der Waals surface area contributed by atoms with Crippen molar-refractivity contribution in [3.63, 3.8) is 0 Å². The topological polar surface area (TPSA) is 81.8 Å². The molecule has 7 heteroatoms. The molecule has 0 radical (unpaired) electrons. The first-order chi connectivity index (χ1) is 13.1. The molecule has 0 aromatic heterocycles. The lowest BCUT2D eigenvalue weighted by atomic mass is 10.0. The minimum atomic E-state index is -0.635. The molecule has 1 aromatic carbocycles. The Bertz CT molecular complexity index is 713. The van der Waals surface area contributed by atoms with Gasteiger partial charge in [0.1, 0.15) is 6.04 Å². The maximum Gasteiger partial charge on any atom is 0.255 e. The summed E-state index contributed by atoms with van der Waals surface area (Å²) in [6.45, 7) is 7.30. The average Bonchev–Trinajstić information content (AvgIpc) is 3.47. The van der Waals surface area contributed by atoms with Crippen LogP contribution in [0.5, 0.6) is 0 Å². The minimum Gasteiger partial charge on any atom is -0.353 e. The summed E-state index contributed by atoms with van der Waals surface area (Å²) in [6.07, 6.45) is 1.85. The highest BCUT2D eigenvalue weighted by molar-refractivity contribution is 6.05. The monoisotopic (exact) mass is 372 g/mol. The van der Waals surface area contributed by atoms with E-state index >= 15 is 0 Å². The van der Waals surface area contributed by atoms with Crippen LogP contribution in [0.1, 0.15) is 48.7 Å². The number of amides is 3. The zero-order valence-electron chi connectivity index (χ0n) is 16.0. The highest BCUT2D eigenvalue weighted by Gasteiger charge is 2.47. The van der Waals surface area contributed by atoms with E-state index in [-0.39, 0.29) is 30.3 Å². The van der Waals surface area contributed by atoms with Crippen LogP contribution >= 0.6 is 0 Å². The second-order valence-electron chi connectivity index (χ2n) is 7.03. The Morgan fingerprint density at radius 3 is 2.52 bits per heavy atom. The molecule has 1 atom stereocenters. The van der Waals surface area contributed by atoms with Crippen LogP contribution < -0.4 is 10.6 Å². The van der Waals surface area contributed by atoms with Gasteiger partial charge in [-0.25, -0.2) is 0 Å². The van der Waals surface area contributed by atoms with Gasteiger partial charge in [0, 0.05) is 24.7 Å². The van der Waals surface area contributed by atoms with Crippen molar-refractivity contribution in [3.05, 3.63) is 35.4 Å². The fourth-order valence-electron chi connectivity index (χ4n) is 3.55. The molecule has 3 amide bonds. The van der Waals surface area contributed by atoms with Gasteiger partial charge >= 0.3 is 0 Å². The standard InChI is InChI=1S/C20H28N4O3/c1-3-23(4-2)12-11-21-17(25)13-22-19(26)18-15-7-5-6-8-16(15)20(27)24(18)14-9-10-14/h5-8,14,18H,3-4,9-13H2,1-2H3,(H,21,25)(H,22,26). The zero-order chi connectivity index (χ0) is 19.4. The molecule has 2 aliphatic rings. The van der Waals surface area contributed by atoms with Crippen LogP contribution in [0.3, 0.4) is 0 Å². The smallest absolute Gasteiger partial charge is 0.255 e. The van der Waals surface area contributed by atoms with Crippen molar-refractivity contribution in [3.8, 4) is 0 Å². The van der Waals surface area contributed by atoms with E-state index in [4.69, 9.17) is 0 Å². The van der Waals surface area contributed by atoms with Crippen LogP contribution in [0.15, 0.2) is 24.3 Å². The molecule has 1 saturated carbocycles. The number of nitrogens with zero attached hydrogens (tertiary/aromatic N) is 2. The van der Waals surface area contributed by atoms with Gasteiger partial charge in [-0.15, -0.1) is 0 Å². The molecule has 1 fully saturated rings. The number of nitrogens with one attached hydrogen (secondary N) is 2. The van der Waals surface area contributed by atoms with Gasteiger partial charge in [-0.2, -0.15) is 0 Å². The molecule has 0 spiro atoms. The first kappa shape index (κ1) is 19.4. The number of carbonyl (C=O) groups is 3. The van der Waals surface area contributed by atoms with Gasteiger partial charge in [-0.05, 0) is 37.6 Å². The summed E-state index contributed by atoms with van der Waals surface area (Å²) in [5, 5.41) is 5.53. The fourth-order valence-corrected chi connectivity index (χ4v) is 3.55. The molecule has 2 N–H and O–H groups in total. The molecule has 1 aliphatic carbocycles. The molecule has 1 heterocycles. The summed E-state index contributed by atoms with van der Waals surface area (Å²) >= 11 is 0. The summed E-state index contributed by atoms with van der Waals surface area (Å²) in [6, 6.07) is 6.73. The largest absolute Gasteiger partial charge is 0.353 e. The summed E-state index contributed by atoms with van der Waals surface area (Å²) in [7, 11) is 0. The maximum atomic E-state index is 12.8. The molecule has 1 unspecified atom stereocenters. The first-order valence-corrected chi connectivity index (χ1v) is 9.75. The van der Waals surface area contributed by atoms with Gasteiger partial charge in [-0.1, -0.05) is 32.0 Å². The van der Waals surface area contributed by atoms with E-state index in [0.717, 1.165) is 38.0 Å². The molecule has 0 saturated heterocycles. The van der Waals surface area contributed by atoms with Crippen molar-refractivity contribution >= 4 is 17.7 Å². The van der Waals surface area contributed by atoms with Gasteiger partial charge in [0.15, 0.2) is 0 Å². The molecule has 7 nitrogen and oxygen atoms in total. The lowest BCUT2D eigenvalue weighted by molar-refractivity contribution is -0.129. The van der Waals surface area contributed by atoms with Gasteiger partial charge in [0.25, 0.3) is 5.91 Å². The molecule has 146 valence electrons. The van der Waals surface area contributed by atoms with Crippen molar-refractivity contribution < 1.29 is 14.4 Å². The summed E-state index contributed by atoms with van der Waals surface area (Å²) in [5.74, 6) is -0.595. The number of hydrogen-bond acceptors (Lipinski definition) is 4. The van der Waals surface area contributed by atoms with Crippen molar-refractivity contribution in [1.82, 2.24) is 20.4 Å². The van der Waals surface area contributed by atoms with Crippen LogP contribution in [0.2, 0.25) is 0 Å². The summed E-state index contributed by atoms with van der Waals surface area (Å²) in [4.78, 5) is 41.4. The highest BCUT2D eigenvalue weighted by Crippen LogP contribution is 2.41. The van der Waals surface area contributed by atoms with Crippen molar-refractivity contribution in [2.45, 2.75) is 38.8 Å². The van der Waals surface area contributed by atoms with E-state index in [1.54, 1.807) is 11.0 Å². The van der Waals surface area contributed by atoms with Gasteiger partial charge in [-0.3, -0.25) is 14.4 Å². The maximum absolute atomic E-state index is 12.8. The zero-order valence-corrected chi connectivity index (χ0v) is 16.0. The Balaban J connectivity index is 1.55. The SMILES string of the molecule is CCN(CC)CCNC(=O)CNC(=O)C1c2ccccc2C(=O)N1C1CC1. The molecule has 3 rings (SSSR count). The molecular formula is C20H28N4O3. The quantitative estimate of drug-likeness (QED) is 0.675. The van der Waals surface area contributed by atoms with E-state index in [0.29, 0.717) is 12.1 Å². The first-order valence-electron chi connectivity index (χ1n) is 9.75. The normalized spacial score (nSPS) is 18.6. The van der Waals surface area contributed by atoms with E-state index in [1.165, 1.54) is 0 Å². The molecule has 27 heavy (non-hydrogen) atoms. The van der Waals surface area contributed by atoms with Crippen LogP contribution in [0.25, 0.3) is 0 Å². The molecule has 1 aliphatic heterocycles. The molecule has 0 bridgehead atoms. The fraction of sp³-hybridized carbons (Fsp3) is 0.550. The van der Waals surface area contributed by atoms with Crippen molar-refractivity contribution in [1.29, 1.82) is 0 Å². The van der Waals surface area contributed by atoms with Crippen LogP contribution in [-0.4, -0.2) is 66.3 Å². The Morgan fingerprint density at radius 1 is 1.15 bits per heavy atom. The number of hydrogen-bond donors (Lipinski definition) is 2. The van der Waals surface area contributed by atoms with Gasteiger partial charge < -0.3 is 20.4 Å². The third-order valence-corrected chi connectivity index (χ3v) is 5.25. The second kappa shape index (κ2) is 8.52. The lowest BCUT2D eigenvalue weighted by Gasteiger charge is -2.24. The Morgan fingerprint density at radius 2 is 1.85 bits per heavy atom. The molecule has 1 aromatic rings. The third-order valence-electron chi connectivity index (χ3n) is 5.25. The Hall–Kier alpha value is -2.41. The third kappa shape index (κ3) is 4.30. The van der Waals surface area contributed by atoms with Gasteiger partial charge in [0.2, 0.25) is 11.8 Å². The predicted molar refractivity (Wildman–Crippen MR) is 102 cm³/mol. The van der Waals surface area contributed by atoms with E-state index in [1.807, 2.05) is 18.2 Å². The number of benzene rings is 1. The average molecular weight is 372 g/mol. The Kier molecular flexibility index (Phi) is 6.11. The minimum absolute atomic E-state index is 0.0809. The van der Waals surface area contributed by atoms with Crippen LogP contribution in [0.4, 0.5) is 0 Å². The number of likely N-dealkylation sites (N-methyl/N-ethyl adjacent to an activating group) is 1. The summed E-state index contributed by atoms with van der Waals surface area (Å²) in [5.41, 5.74) is 1.32.